The number of rotatable bonds is 5. The van der Waals surface area contributed by atoms with Crippen molar-refractivity contribution in [2.45, 2.75) is 44.6 Å². The lowest BCUT2D eigenvalue weighted by molar-refractivity contribution is -0.119. The van der Waals surface area contributed by atoms with E-state index in [4.69, 9.17) is 4.74 Å². The van der Waals surface area contributed by atoms with Gasteiger partial charge in [0.15, 0.2) is 0 Å². The van der Waals surface area contributed by atoms with E-state index in [0.29, 0.717) is 24.3 Å². The highest BCUT2D eigenvalue weighted by atomic mass is 16.5. The number of methoxy groups -OCH3 is 1. The number of amides is 1. The summed E-state index contributed by atoms with van der Waals surface area (Å²) in [5.41, 5.74) is 1.36. The van der Waals surface area contributed by atoms with Gasteiger partial charge in [-0.1, -0.05) is 25.5 Å². The van der Waals surface area contributed by atoms with E-state index in [-0.39, 0.29) is 5.91 Å². The zero-order valence-electron chi connectivity index (χ0n) is 14.3. The Morgan fingerprint density at radius 2 is 2.09 bits per heavy atom. The molecule has 3 rings (SSSR count). The Labute approximate surface area is 139 Å². The number of ether oxygens (including phenoxy) is 1. The van der Waals surface area contributed by atoms with Gasteiger partial charge in [-0.15, -0.1) is 0 Å². The van der Waals surface area contributed by atoms with Crippen molar-refractivity contribution in [3.8, 4) is 5.75 Å². The predicted octanol–water partition coefficient (Wildman–Crippen LogP) is 2.79. The molecule has 0 saturated carbocycles. The third-order valence-electron chi connectivity index (χ3n) is 5.41. The van der Waals surface area contributed by atoms with Crippen molar-refractivity contribution in [1.29, 1.82) is 0 Å². The second-order valence-corrected chi connectivity index (χ2v) is 7.00. The van der Waals surface area contributed by atoms with Crippen LogP contribution in [0.3, 0.4) is 0 Å². The maximum absolute atomic E-state index is 11.6. The topological polar surface area (TPSA) is 41.6 Å². The van der Waals surface area contributed by atoms with Gasteiger partial charge in [-0.3, -0.25) is 9.69 Å². The van der Waals surface area contributed by atoms with Gasteiger partial charge in [0, 0.05) is 31.5 Å². The van der Waals surface area contributed by atoms with Crippen LogP contribution in [-0.4, -0.2) is 43.6 Å². The molecule has 3 unspecified atom stereocenters. The third-order valence-corrected chi connectivity index (χ3v) is 5.41. The van der Waals surface area contributed by atoms with E-state index in [1.54, 1.807) is 7.11 Å². The summed E-state index contributed by atoms with van der Waals surface area (Å²) < 4.78 is 5.24. The van der Waals surface area contributed by atoms with Gasteiger partial charge in [-0.2, -0.15) is 0 Å². The first-order valence-electron chi connectivity index (χ1n) is 8.82. The fourth-order valence-electron chi connectivity index (χ4n) is 4.07. The molecule has 0 aliphatic carbocycles. The summed E-state index contributed by atoms with van der Waals surface area (Å²) in [7, 11) is 1.70. The van der Waals surface area contributed by atoms with Crippen molar-refractivity contribution >= 4 is 5.91 Å². The lowest BCUT2D eigenvalue weighted by Crippen LogP contribution is -2.46. The molecule has 3 atom stereocenters. The van der Waals surface area contributed by atoms with Crippen LogP contribution in [-0.2, 0) is 4.79 Å². The number of nitrogens with zero attached hydrogens (tertiary/aromatic N) is 1. The molecule has 4 heteroatoms. The average Bonchev–Trinajstić information content (AvgIpc) is 3.01. The number of nitrogens with one attached hydrogen (secondary N) is 1. The predicted molar refractivity (Wildman–Crippen MR) is 91.7 cm³/mol. The summed E-state index contributed by atoms with van der Waals surface area (Å²) in [6.45, 7) is 5.39. The van der Waals surface area contributed by atoms with E-state index in [1.165, 1.54) is 24.8 Å². The van der Waals surface area contributed by atoms with Crippen molar-refractivity contribution in [3.05, 3.63) is 29.8 Å². The van der Waals surface area contributed by atoms with Crippen LogP contribution >= 0.6 is 0 Å². The Morgan fingerprint density at radius 1 is 1.30 bits per heavy atom. The maximum Gasteiger partial charge on any atom is 0.220 e. The van der Waals surface area contributed by atoms with Crippen LogP contribution in [0.4, 0.5) is 0 Å². The highest BCUT2D eigenvalue weighted by molar-refractivity contribution is 5.78. The molecular weight excluding hydrogens is 288 g/mol. The SMILES string of the molecule is COc1ccc(C(C)CN2CCCCC2C2CNC(=O)C2)cc1. The first kappa shape index (κ1) is 16.3. The number of carbonyl (C=O) groups excluding carboxylic acids is 1. The number of likely N-dealkylation sites (tertiary alicyclic amines) is 1. The van der Waals surface area contributed by atoms with Gasteiger partial charge in [-0.25, -0.2) is 0 Å². The fraction of sp³-hybridized carbons (Fsp3) is 0.632. The zero-order valence-corrected chi connectivity index (χ0v) is 14.3. The zero-order chi connectivity index (χ0) is 16.2. The average molecular weight is 316 g/mol. The first-order valence-corrected chi connectivity index (χ1v) is 8.82. The molecule has 2 heterocycles. The maximum atomic E-state index is 11.6. The molecule has 126 valence electrons. The molecule has 1 N–H and O–H groups in total. The van der Waals surface area contributed by atoms with Gasteiger partial charge in [0.1, 0.15) is 5.75 Å². The minimum atomic E-state index is 0.226. The molecular formula is C19H28N2O2. The van der Waals surface area contributed by atoms with Gasteiger partial charge < -0.3 is 10.1 Å². The molecule has 2 saturated heterocycles. The molecule has 2 fully saturated rings. The fourth-order valence-corrected chi connectivity index (χ4v) is 4.07. The Hall–Kier alpha value is -1.55. The smallest absolute Gasteiger partial charge is 0.220 e. The standard InChI is InChI=1S/C19H28N2O2/c1-14(15-6-8-17(23-2)9-7-15)13-21-10-4-3-5-18(21)16-11-19(22)20-12-16/h6-9,14,16,18H,3-5,10-13H2,1-2H3,(H,20,22). The van der Waals surface area contributed by atoms with Gasteiger partial charge in [-0.05, 0) is 43.0 Å². The van der Waals surface area contributed by atoms with E-state index >= 15 is 0 Å². The van der Waals surface area contributed by atoms with Crippen LogP contribution in [0.15, 0.2) is 24.3 Å². The van der Waals surface area contributed by atoms with Crippen molar-refractivity contribution in [2.75, 3.05) is 26.7 Å². The van der Waals surface area contributed by atoms with Crippen molar-refractivity contribution < 1.29 is 9.53 Å². The summed E-state index contributed by atoms with van der Waals surface area (Å²) in [6, 6.07) is 8.98. The summed E-state index contributed by atoms with van der Waals surface area (Å²) in [6.07, 6.45) is 4.51. The highest BCUT2D eigenvalue weighted by Gasteiger charge is 2.34. The van der Waals surface area contributed by atoms with E-state index in [9.17, 15) is 4.79 Å². The Balaban J connectivity index is 1.64. The number of piperidine rings is 1. The van der Waals surface area contributed by atoms with E-state index < -0.39 is 0 Å². The molecule has 1 amide bonds. The van der Waals surface area contributed by atoms with Crippen LogP contribution in [0.2, 0.25) is 0 Å². The van der Waals surface area contributed by atoms with Crippen molar-refractivity contribution in [3.63, 3.8) is 0 Å². The molecule has 0 bridgehead atoms. The van der Waals surface area contributed by atoms with E-state index in [1.807, 2.05) is 12.1 Å². The molecule has 2 aliphatic heterocycles. The van der Waals surface area contributed by atoms with Crippen molar-refractivity contribution in [2.24, 2.45) is 5.92 Å². The molecule has 0 spiro atoms. The van der Waals surface area contributed by atoms with Crippen molar-refractivity contribution in [1.82, 2.24) is 10.2 Å². The Kier molecular flexibility index (Phi) is 5.21. The molecule has 0 aromatic heterocycles. The third kappa shape index (κ3) is 3.86. The second kappa shape index (κ2) is 7.35. The number of hydrogen-bond acceptors (Lipinski definition) is 3. The van der Waals surface area contributed by atoms with Gasteiger partial charge in [0.2, 0.25) is 5.91 Å². The number of hydrogen-bond donors (Lipinski definition) is 1. The lowest BCUT2D eigenvalue weighted by atomic mass is 9.88. The number of benzene rings is 1. The first-order chi connectivity index (χ1) is 11.2. The Bertz CT molecular complexity index is 529. The summed E-state index contributed by atoms with van der Waals surface area (Å²) in [5.74, 6) is 2.12. The van der Waals surface area contributed by atoms with Gasteiger partial charge in [0.25, 0.3) is 0 Å². The second-order valence-electron chi connectivity index (χ2n) is 7.00. The summed E-state index contributed by atoms with van der Waals surface area (Å²) >= 11 is 0. The van der Waals surface area contributed by atoms with Crippen LogP contribution in [0.5, 0.6) is 5.75 Å². The molecule has 1 aromatic rings. The van der Waals surface area contributed by atoms with Crippen LogP contribution in [0, 0.1) is 5.92 Å². The van der Waals surface area contributed by atoms with Crippen LogP contribution < -0.4 is 10.1 Å². The Morgan fingerprint density at radius 3 is 2.74 bits per heavy atom. The highest BCUT2D eigenvalue weighted by Crippen LogP contribution is 2.30. The molecule has 1 aromatic carbocycles. The summed E-state index contributed by atoms with van der Waals surface area (Å²) in [4.78, 5) is 14.2. The molecule has 2 aliphatic rings. The largest absolute Gasteiger partial charge is 0.497 e. The molecule has 0 radical (unpaired) electrons. The van der Waals surface area contributed by atoms with Crippen LogP contribution in [0.25, 0.3) is 0 Å². The lowest BCUT2D eigenvalue weighted by Gasteiger charge is -2.40. The van der Waals surface area contributed by atoms with E-state index in [0.717, 1.165) is 25.4 Å². The number of carbonyl (C=O) groups is 1. The van der Waals surface area contributed by atoms with Crippen LogP contribution in [0.1, 0.15) is 44.1 Å². The molecule has 23 heavy (non-hydrogen) atoms. The quantitative estimate of drug-likeness (QED) is 0.908. The molecule has 4 nitrogen and oxygen atoms in total. The normalized spacial score (nSPS) is 26.8. The van der Waals surface area contributed by atoms with Gasteiger partial charge in [0.05, 0.1) is 7.11 Å². The monoisotopic (exact) mass is 316 g/mol. The van der Waals surface area contributed by atoms with Gasteiger partial charge >= 0.3 is 0 Å². The minimum absolute atomic E-state index is 0.226. The van der Waals surface area contributed by atoms with E-state index in [2.05, 4.69) is 29.3 Å². The summed E-state index contributed by atoms with van der Waals surface area (Å²) in [5, 5.41) is 3.01. The minimum Gasteiger partial charge on any atom is -0.497 e.